The summed E-state index contributed by atoms with van der Waals surface area (Å²) in [6.07, 6.45) is 12.9. The monoisotopic (exact) mass is 557 g/mol. The zero-order valence-electron chi connectivity index (χ0n) is 23.7. The fourth-order valence-electron chi connectivity index (χ4n) is 7.62. The summed E-state index contributed by atoms with van der Waals surface area (Å²) in [7, 11) is 0. The van der Waals surface area contributed by atoms with Crippen LogP contribution in [0.4, 0.5) is 5.69 Å². The molecule has 0 radical (unpaired) electrons. The first-order valence-corrected chi connectivity index (χ1v) is 15.8. The van der Waals surface area contributed by atoms with Crippen molar-refractivity contribution in [2.45, 2.75) is 94.3 Å². The summed E-state index contributed by atoms with van der Waals surface area (Å²) < 4.78 is 17.1. The van der Waals surface area contributed by atoms with Crippen molar-refractivity contribution in [3.8, 4) is 11.5 Å². The van der Waals surface area contributed by atoms with Crippen LogP contribution in [-0.4, -0.2) is 45.9 Å². The van der Waals surface area contributed by atoms with E-state index in [9.17, 15) is 4.79 Å². The van der Waals surface area contributed by atoms with Gasteiger partial charge in [0.15, 0.2) is 11.6 Å². The zero-order valence-corrected chi connectivity index (χ0v) is 23.7. The summed E-state index contributed by atoms with van der Waals surface area (Å²) in [6, 6.07) is 8.13. The van der Waals surface area contributed by atoms with Crippen molar-refractivity contribution >= 4 is 11.6 Å². The lowest BCUT2D eigenvalue weighted by molar-refractivity contribution is -0.125. The van der Waals surface area contributed by atoms with Crippen molar-refractivity contribution in [2.75, 3.05) is 24.7 Å². The second kappa shape index (κ2) is 10.3. The van der Waals surface area contributed by atoms with Crippen LogP contribution < -0.4 is 4.90 Å². The Hall–Kier alpha value is -3.07. The average Bonchev–Trinajstić information content (AvgIpc) is 3.95. The molecule has 1 amide bonds. The van der Waals surface area contributed by atoms with Crippen LogP contribution in [0.5, 0.6) is 0 Å². The highest BCUT2D eigenvalue weighted by molar-refractivity contribution is 5.95. The standard InChI is InChI=1S/C32H39N5O4/c38-30(22-11-15-39-16-12-22)37(26-5-1-3-23(17-26)29-33-27(35-40-29)20-6-7-20)19-25-10-14-32(13-2-4-24(25)18-32)31-34-28(36-41-31)21-8-9-21/h1,3,5,17,20-22,24-25H,2,4,6-16,18-19H2. The number of rotatable bonds is 8. The Morgan fingerprint density at radius 1 is 0.902 bits per heavy atom. The van der Waals surface area contributed by atoms with E-state index >= 15 is 0 Å². The molecule has 216 valence electrons. The molecule has 1 saturated heterocycles. The molecule has 8 rings (SSSR count). The molecule has 9 heteroatoms. The van der Waals surface area contributed by atoms with E-state index in [-0.39, 0.29) is 17.2 Å². The van der Waals surface area contributed by atoms with Crippen LogP contribution in [0.15, 0.2) is 33.3 Å². The number of hydrogen-bond donors (Lipinski definition) is 0. The number of ether oxygens (including phenoxy) is 1. The van der Waals surface area contributed by atoms with Gasteiger partial charge < -0.3 is 18.7 Å². The number of amides is 1. The van der Waals surface area contributed by atoms with Crippen LogP contribution in [0.25, 0.3) is 11.5 Å². The summed E-state index contributed by atoms with van der Waals surface area (Å²) >= 11 is 0. The van der Waals surface area contributed by atoms with E-state index in [0.29, 0.717) is 42.8 Å². The van der Waals surface area contributed by atoms with Gasteiger partial charge in [0.1, 0.15) is 0 Å². The minimum Gasteiger partial charge on any atom is -0.381 e. The van der Waals surface area contributed by atoms with Crippen LogP contribution in [0.2, 0.25) is 0 Å². The Morgan fingerprint density at radius 3 is 2.49 bits per heavy atom. The van der Waals surface area contributed by atoms with Crippen LogP contribution in [-0.2, 0) is 14.9 Å². The van der Waals surface area contributed by atoms with E-state index in [0.717, 1.165) is 86.7 Å². The quantitative estimate of drug-likeness (QED) is 0.324. The van der Waals surface area contributed by atoms with Gasteiger partial charge in [-0.25, -0.2) is 0 Å². The molecule has 3 unspecified atom stereocenters. The first-order valence-electron chi connectivity index (χ1n) is 15.8. The van der Waals surface area contributed by atoms with Gasteiger partial charge in [-0.3, -0.25) is 4.79 Å². The van der Waals surface area contributed by atoms with Gasteiger partial charge in [-0.1, -0.05) is 29.2 Å². The molecular formula is C32H39N5O4. The Bertz CT molecular complexity index is 1400. The highest BCUT2D eigenvalue weighted by Crippen LogP contribution is 2.53. The van der Waals surface area contributed by atoms with Crippen molar-refractivity contribution in [3.05, 3.63) is 41.8 Å². The number of fused-ring (bicyclic) bond motifs is 2. The Balaban J connectivity index is 1.05. The summed E-state index contributed by atoms with van der Waals surface area (Å²) in [5.74, 6) is 5.24. The third-order valence-corrected chi connectivity index (χ3v) is 10.4. The number of anilines is 1. The molecule has 4 aliphatic carbocycles. The molecule has 5 aliphatic rings. The largest absolute Gasteiger partial charge is 0.381 e. The van der Waals surface area contributed by atoms with Crippen molar-refractivity contribution < 1.29 is 18.6 Å². The molecule has 41 heavy (non-hydrogen) atoms. The SMILES string of the molecule is O=C(C1CCOCC1)N(CC1CCC2(c3nc(C4CC4)no3)CCCC1C2)c1cccc(-c2nc(C3CC3)no2)c1. The van der Waals surface area contributed by atoms with E-state index in [1.54, 1.807) is 0 Å². The second-order valence-corrected chi connectivity index (χ2v) is 13.3. The molecule has 9 nitrogen and oxygen atoms in total. The lowest BCUT2D eigenvalue weighted by Crippen LogP contribution is -2.47. The van der Waals surface area contributed by atoms with Crippen molar-refractivity contribution in [1.82, 2.24) is 20.3 Å². The molecule has 3 atom stereocenters. The summed E-state index contributed by atoms with van der Waals surface area (Å²) in [5, 5.41) is 8.57. The molecule has 5 fully saturated rings. The Morgan fingerprint density at radius 2 is 1.68 bits per heavy atom. The van der Waals surface area contributed by atoms with Gasteiger partial charge in [-0.05, 0) is 94.2 Å². The van der Waals surface area contributed by atoms with E-state index in [1.807, 2.05) is 12.1 Å². The van der Waals surface area contributed by atoms with Crippen LogP contribution in [0, 0.1) is 17.8 Å². The average molecular weight is 558 g/mol. The summed E-state index contributed by atoms with van der Waals surface area (Å²) in [5.41, 5.74) is 1.80. The molecule has 2 bridgehead atoms. The Kier molecular flexibility index (Phi) is 6.46. The number of carbonyl (C=O) groups is 1. The molecule has 0 N–H and O–H groups in total. The third-order valence-electron chi connectivity index (χ3n) is 10.4. The van der Waals surface area contributed by atoms with Gasteiger partial charge >= 0.3 is 0 Å². The minimum atomic E-state index is -0.00875. The van der Waals surface area contributed by atoms with Gasteiger partial charge in [0.25, 0.3) is 5.89 Å². The van der Waals surface area contributed by atoms with E-state index in [2.05, 4.69) is 32.3 Å². The molecule has 3 heterocycles. The smallest absolute Gasteiger partial charge is 0.258 e. The predicted molar refractivity (Wildman–Crippen MR) is 150 cm³/mol. The maximum Gasteiger partial charge on any atom is 0.258 e. The van der Waals surface area contributed by atoms with Crippen molar-refractivity contribution in [3.63, 3.8) is 0 Å². The van der Waals surface area contributed by atoms with E-state index < -0.39 is 0 Å². The molecule has 0 spiro atoms. The summed E-state index contributed by atoms with van der Waals surface area (Å²) in [4.78, 5) is 25.8. The van der Waals surface area contributed by atoms with Gasteiger partial charge in [0, 0.05) is 54.2 Å². The van der Waals surface area contributed by atoms with Crippen molar-refractivity contribution in [2.24, 2.45) is 17.8 Å². The fraction of sp³-hybridized carbons (Fsp3) is 0.656. The molecular weight excluding hydrogens is 518 g/mol. The number of hydrogen-bond acceptors (Lipinski definition) is 8. The van der Waals surface area contributed by atoms with Gasteiger partial charge in [0.05, 0.1) is 0 Å². The molecule has 1 aromatic carbocycles. The van der Waals surface area contributed by atoms with Crippen LogP contribution in [0.1, 0.15) is 106 Å². The first-order chi connectivity index (χ1) is 20.1. The number of benzene rings is 1. The normalized spacial score (nSPS) is 28.5. The van der Waals surface area contributed by atoms with Crippen LogP contribution in [0.3, 0.4) is 0 Å². The second-order valence-electron chi connectivity index (χ2n) is 13.3. The number of carbonyl (C=O) groups excluding carboxylic acids is 1. The third kappa shape index (κ3) is 5.00. The van der Waals surface area contributed by atoms with Gasteiger partial charge in [0.2, 0.25) is 11.8 Å². The number of aromatic nitrogens is 4. The minimum absolute atomic E-state index is 0.00619. The topological polar surface area (TPSA) is 107 Å². The number of nitrogens with zero attached hydrogens (tertiary/aromatic N) is 5. The highest BCUT2D eigenvalue weighted by Gasteiger charge is 2.49. The fourth-order valence-corrected chi connectivity index (χ4v) is 7.62. The molecule has 2 aromatic heterocycles. The maximum atomic E-state index is 14.1. The van der Waals surface area contributed by atoms with Gasteiger partial charge in [-0.15, -0.1) is 0 Å². The molecule has 1 aliphatic heterocycles. The molecule has 3 aromatic rings. The lowest BCUT2D eigenvalue weighted by atomic mass is 9.58. The predicted octanol–water partition coefficient (Wildman–Crippen LogP) is 6.17. The highest BCUT2D eigenvalue weighted by atomic mass is 16.5. The lowest BCUT2D eigenvalue weighted by Gasteiger charge is -2.48. The van der Waals surface area contributed by atoms with Crippen molar-refractivity contribution in [1.29, 1.82) is 0 Å². The van der Waals surface area contributed by atoms with E-state index in [4.69, 9.17) is 18.8 Å². The van der Waals surface area contributed by atoms with Gasteiger partial charge in [-0.2, -0.15) is 9.97 Å². The summed E-state index contributed by atoms with van der Waals surface area (Å²) in [6.45, 7) is 2.03. The Labute approximate surface area is 240 Å². The van der Waals surface area contributed by atoms with E-state index in [1.165, 1.54) is 25.7 Å². The maximum absolute atomic E-state index is 14.1. The molecule has 4 saturated carbocycles. The first kappa shape index (κ1) is 25.6. The van der Waals surface area contributed by atoms with Crippen LogP contribution >= 0.6 is 0 Å². The zero-order chi connectivity index (χ0) is 27.4.